The Kier molecular flexibility index (Phi) is 8.00. The smallest absolute Gasteiger partial charge is 0.416 e. The predicted octanol–water partition coefficient (Wildman–Crippen LogP) is 6.07. The summed E-state index contributed by atoms with van der Waals surface area (Å²) in [6.45, 7) is 2.30. The number of aryl methyl sites for hydroxylation is 1. The van der Waals surface area contributed by atoms with Crippen LogP contribution in [0.4, 0.5) is 4.79 Å². The van der Waals surface area contributed by atoms with Crippen molar-refractivity contribution in [3.63, 3.8) is 0 Å². The molecular weight excluding hydrogens is 512 g/mol. The number of likely N-dealkylation sites (tertiary alicyclic amines) is 1. The molecule has 0 spiro atoms. The average Bonchev–Trinajstić information content (AvgIpc) is 3.59. The van der Waals surface area contributed by atoms with Gasteiger partial charge in [-0.1, -0.05) is 30.3 Å². The summed E-state index contributed by atoms with van der Waals surface area (Å²) in [4.78, 5) is 30.9. The first-order valence-electron chi connectivity index (χ1n) is 13.0. The normalized spacial score (nSPS) is 16.5. The number of carboxylic acids is 1. The molecule has 9 heteroatoms. The van der Waals surface area contributed by atoms with Crippen LogP contribution >= 0.6 is 0 Å². The highest BCUT2D eigenvalue weighted by molar-refractivity contribution is 5.82. The standard InChI is InChI=1S/C31H30N2O7/c1-20-26(32-29(39-20)22-6-4-3-5-7-22)18-19-38-24-10-8-21(9-11-24)27-16-17-28(30(34)35)33(27)31(36)40-25-14-12-23(37-2)13-15-25/h3-15,27-28H,16-19H2,1-2H3,(H,34,35)/t27-,28-/m0/s1. The molecule has 1 amide bonds. The zero-order chi connectivity index (χ0) is 28.1. The lowest BCUT2D eigenvalue weighted by Crippen LogP contribution is -2.43. The Labute approximate surface area is 231 Å². The van der Waals surface area contributed by atoms with E-state index in [-0.39, 0.29) is 0 Å². The number of nitrogens with zero attached hydrogens (tertiary/aromatic N) is 2. The highest BCUT2D eigenvalue weighted by atomic mass is 16.6. The Morgan fingerprint density at radius 2 is 1.62 bits per heavy atom. The van der Waals surface area contributed by atoms with Gasteiger partial charge in [0.1, 0.15) is 29.1 Å². The number of rotatable bonds is 9. The number of carbonyl (C=O) groups is 2. The molecule has 0 saturated carbocycles. The molecule has 1 saturated heterocycles. The summed E-state index contributed by atoms with van der Waals surface area (Å²) in [5, 5.41) is 9.75. The van der Waals surface area contributed by atoms with Crippen LogP contribution in [0.25, 0.3) is 11.5 Å². The first-order chi connectivity index (χ1) is 19.4. The van der Waals surface area contributed by atoms with Crippen LogP contribution in [0.15, 0.2) is 83.3 Å². The maximum atomic E-state index is 13.1. The van der Waals surface area contributed by atoms with E-state index >= 15 is 0 Å². The minimum atomic E-state index is -1.06. The molecule has 1 fully saturated rings. The number of hydrogen-bond acceptors (Lipinski definition) is 7. The van der Waals surface area contributed by atoms with Crippen molar-refractivity contribution in [2.24, 2.45) is 0 Å². The zero-order valence-electron chi connectivity index (χ0n) is 22.3. The van der Waals surface area contributed by atoms with E-state index in [1.807, 2.05) is 61.5 Å². The molecular formula is C31H30N2O7. The van der Waals surface area contributed by atoms with Gasteiger partial charge in [-0.05, 0) is 73.9 Å². The number of benzene rings is 3. The van der Waals surface area contributed by atoms with E-state index in [0.717, 1.165) is 22.6 Å². The molecule has 9 nitrogen and oxygen atoms in total. The van der Waals surface area contributed by atoms with E-state index < -0.39 is 24.1 Å². The number of amides is 1. The second kappa shape index (κ2) is 11.9. The van der Waals surface area contributed by atoms with Crippen LogP contribution in [0.1, 0.15) is 35.9 Å². The summed E-state index contributed by atoms with van der Waals surface area (Å²) < 4.78 is 22.4. The topological polar surface area (TPSA) is 111 Å². The first kappa shape index (κ1) is 26.8. The summed E-state index contributed by atoms with van der Waals surface area (Å²) in [6.07, 6.45) is 0.707. The molecule has 0 radical (unpaired) electrons. The number of carbonyl (C=O) groups excluding carboxylic acids is 1. The van der Waals surface area contributed by atoms with E-state index in [4.69, 9.17) is 18.6 Å². The van der Waals surface area contributed by atoms with Gasteiger partial charge in [0.2, 0.25) is 5.89 Å². The summed E-state index contributed by atoms with van der Waals surface area (Å²) in [7, 11) is 1.54. The Bertz CT molecular complexity index is 1450. The van der Waals surface area contributed by atoms with Crippen LogP contribution in [0.5, 0.6) is 17.2 Å². The Morgan fingerprint density at radius 1 is 0.950 bits per heavy atom. The monoisotopic (exact) mass is 542 g/mol. The number of aliphatic carboxylic acids is 1. The molecule has 1 aliphatic rings. The maximum Gasteiger partial charge on any atom is 0.416 e. The van der Waals surface area contributed by atoms with Crippen LogP contribution in [0, 0.1) is 6.92 Å². The van der Waals surface area contributed by atoms with Gasteiger partial charge in [-0.25, -0.2) is 14.6 Å². The molecule has 0 bridgehead atoms. The average molecular weight is 543 g/mol. The molecule has 2 heterocycles. The fraction of sp³-hybridized carbons (Fsp3) is 0.258. The summed E-state index contributed by atoms with van der Waals surface area (Å²) in [6, 6.07) is 22.2. The van der Waals surface area contributed by atoms with Crippen LogP contribution in [0.2, 0.25) is 0 Å². The van der Waals surface area contributed by atoms with Crippen molar-refractivity contribution in [1.29, 1.82) is 0 Å². The fourth-order valence-electron chi connectivity index (χ4n) is 4.85. The Hall–Kier alpha value is -4.79. The van der Waals surface area contributed by atoms with Crippen molar-refractivity contribution < 1.29 is 33.3 Å². The molecule has 4 aromatic rings. The molecule has 0 unspecified atom stereocenters. The first-order valence-corrected chi connectivity index (χ1v) is 13.0. The third kappa shape index (κ3) is 5.93. The number of carboxylic acid groups (broad SMARTS) is 1. The number of hydrogen-bond donors (Lipinski definition) is 1. The van der Waals surface area contributed by atoms with Gasteiger partial charge in [0.25, 0.3) is 0 Å². The second-order valence-corrected chi connectivity index (χ2v) is 9.45. The molecule has 1 aliphatic heterocycles. The molecule has 0 aliphatic carbocycles. The van der Waals surface area contributed by atoms with Crippen molar-refractivity contribution in [3.8, 4) is 28.7 Å². The Balaban J connectivity index is 1.22. The lowest BCUT2D eigenvalue weighted by molar-refractivity contribution is -0.141. The number of ether oxygens (including phenoxy) is 3. The summed E-state index contributed by atoms with van der Waals surface area (Å²) >= 11 is 0. The number of oxazole rings is 1. The van der Waals surface area contributed by atoms with Gasteiger partial charge >= 0.3 is 12.1 Å². The fourth-order valence-corrected chi connectivity index (χ4v) is 4.85. The molecule has 3 aromatic carbocycles. The van der Waals surface area contributed by atoms with Gasteiger partial charge in [0.05, 0.1) is 25.5 Å². The molecule has 1 aromatic heterocycles. The van der Waals surface area contributed by atoms with Crippen molar-refractivity contribution in [2.75, 3.05) is 13.7 Å². The molecule has 5 rings (SSSR count). The maximum absolute atomic E-state index is 13.1. The van der Waals surface area contributed by atoms with Crippen molar-refractivity contribution in [3.05, 3.63) is 95.9 Å². The van der Waals surface area contributed by atoms with Gasteiger partial charge in [0, 0.05) is 12.0 Å². The quantitative estimate of drug-likeness (QED) is 0.271. The molecule has 2 atom stereocenters. The minimum Gasteiger partial charge on any atom is -0.497 e. The van der Waals surface area contributed by atoms with E-state index in [1.165, 1.54) is 4.90 Å². The van der Waals surface area contributed by atoms with Crippen molar-refractivity contribution >= 4 is 12.1 Å². The predicted molar refractivity (Wildman–Crippen MR) is 147 cm³/mol. The lowest BCUT2D eigenvalue weighted by Gasteiger charge is -2.27. The van der Waals surface area contributed by atoms with Gasteiger partial charge in [0.15, 0.2) is 0 Å². The summed E-state index contributed by atoms with van der Waals surface area (Å²) in [5.74, 6) is 1.87. The van der Waals surface area contributed by atoms with Gasteiger partial charge in [-0.15, -0.1) is 0 Å². The SMILES string of the molecule is COc1ccc(OC(=O)N2[C@H](C(=O)O)CC[C@H]2c2ccc(OCCc3nc(-c4ccccc4)oc3C)cc2)cc1. The zero-order valence-corrected chi connectivity index (χ0v) is 22.3. The van der Waals surface area contributed by atoms with Crippen LogP contribution in [0.3, 0.4) is 0 Å². The van der Waals surface area contributed by atoms with Crippen LogP contribution in [-0.4, -0.2) is 46.8 Å². The third-order valence-electron chi connectivity index (χ3n) is 6.93. The highest BCUT2D eigenvalue weighted by Crippen LogP contribution is 2.38. The number of aromatic nitrogens is 1. The Morgan fingerprint density at radius 3 is 2.30 bits per heavy atom. The van der Waals surface area contributed by atoms with E-state index in [2.05, 4.69) is 4.98 Å². The number of methoxy groups -OCH3 is 1. The van der Waals surface area contributed by atoms with Crippen LogP contribution in [-0.2, 0) is 11.2 Å². The minimum absolute atomic E-state index is 0.308. The van der Waals surface area contributed by atoms with Gasteiger partial charge in [-0.3, -0.25) is 4.90 Å². The van der Waals surface area contributed by atoms with E-state index in [9.17, 15) is 14.7 Å². The van der Waals surface area contributed by atoms with Crippen LogP contribution < -0.4 is 14.2 Å². The largest absolute Gasteiger partial charge is 0.497 e. The lowest BCUT2D eigenvalue weighted by atomic mass is 10.0. The van der Waals surface area contributed by atoms with E-state index in [0.29, 0.717) is 49.0 Å². The molecule has 206 valence electrons. The molecule has 40 heavy (non-hydrogen) atoms. The molecule has 1 N–H and O–H groups in total. The van der Waals surface area contributed by atoms with Crippen molar-refractivity contribution in [2.45, 2.75) is 38.3 Å². The second-order valence-electron chi connectivity index (χ2n) is 9.45. The summed E-state index contributed by atoms with van der Waals surface area (Å²) in [5.41, 5.74) is 2.57. The highest BCUT2D eigenvalue weighted by Gasteiger charge is 2.43. The van der Waals surface area contributed by atoms with Gasteiger partial charge in [-0.2, -0.15) is 0 Å². The van der Waals surface area contributed by atoms with Crippen molar-refractivity contribution in [1.82, 2.24) is 9.88 Å². The third-order valence-corrected chi connectivity index (χ3v) is 6.93. The van der Waals surface area contributed by atoms with E-state index in [1.54, 1.807) is 31.4 Å². The van der Waals surface area contributed by atoms with Gasteiger partial charge < -0.3 is 23.7 Å².